The fraction of sp³-hybridized carbons (Fsp3) is 0.143. The number of hydrogen-bond donors (Lipinski definition) is 2. The molecule has 0 radical (unpaired) electrons. The van der Waals surface area contributed by atoms with Crippen molar-refractivity contribution in [2.24, 2.45) is 0 Å². The SMILES string of the molecule is Oc1ccccc1[C@H]1C[C@@H](c2ccccc2)Sc2ccccc2N1. The molecule has 3 heteroatoms. The lowest BCUT2D eigenvalue weighted by atomic mass is 9.97. The number of fused-ring (bicyclic) bond motifs is 1. The van der Waals surface area contributed by atoms with Crippen LogP contribution in [0.2, 0.25) is 0 Å². The molecular weight excluding hydrogens is 314 g/mol. The molecule has 24 heavy (non-hydrogen) atoms. The zero-order valence-corrected chi connectivity index (χ0v) is 14.0. The van der Waals surface area contributed by atoms with Crippen molar-refractivity contribution in [3.63, 3.8) is 0 Å². The molecule has 0 saturated heterocycles. The van der Waals surface area contributed by atoms with Crippen LogP contribution in [0.25, 0.3) is 0 Å². The van der Waals surface area contributed by atoms with Crippen molar-refractivity contribution in [3.8, 4) is 5.75 Å². The van der Waals surface area contributed by atoms with Crippen LogP contribution in [-0.4, -0.2) is 5.11 Å². The van der Waals surface area contributed by atoms with E-state index in [4.69, 9.17) is 0 Å². The van der Waals surface area contributed by atoms with Crippen molar-refractivity contribution in [2.75, 3.05) is 5.32 Å². The van der Waals surface area contributed by atoms with Crippen LogP contribution in [0, 0.1) is 0 Å². The third-order valence-corrected chi connectivity index (χ3v) is 5.78. The van der Waals surface area contributed by atoms with E-state index in [-0.39, 0.29) is 6.04 Å². The molecule has 1 heterocycles. The van der Waals surface area contributed by atoms with Crippen molar-refractivity contribution in [3.05, 3.63) is 90.0 Å². The first-order valence-corrected chi connectivity index (χ1v) is 9.04. The normalized spacial score (nSPS) is 19.8. The van der Waals surface area contributed by atoms with Gasteiger partial charge in [0.1, 0.15) is 5.75 Å². The van der Waals surface area contributed by atoms with Crippen LogP contribution < -0.4 is 5.32 Å². The molecule has 2 N–H and O–H groups in total. The predicted octanol–water partition coefficient (Wildman–Crippen LogP) is 5.78. The first-order valence-electron chi connectivity index (χ1n) is 8.16. The number of rotatable bonds is 2. The molecule has 1 aliphatic rings. The molecule has 0 saturated carbocycles. The Morgan fingerprint density at radius 2 is 1.54 bits per heavy atom. The summed E-state index contributed by atoms with van der Waals surface area (Å²) in [6.07, 6.45) is 0.918. The Balaban J connectivity index is 1.77. The van der Waals surface area contributed by atoms with E-state index < -0.39 is 0 Å². The molecule has 1 aliphatic heterocycles. The minimum absolute atomic E-state index is 0.0764. The van der Waals surface area contributed by atoms with Gasteiger partial charge in [-0.1, -0.05) is 60.7 Å². The summed E-state index contributed by atoms with van der Waals surface area (Å²) >= 11 is 1.89. The van der Waals surface area contributed by atoms with Gasteiger partial charge in [-0.2, -0.15) is 0 Å². The summed E-state index contributed by atoms with van der Waals surface area (Å²) in [6.45, 7) is 0. The number of hydrogen-bond acceptors (Lipinski definition) is 3. The van der Waals surface area contributed by atoms with Gasteiger partial charge < -0.3 is 10.4 Å². The van der Waals surface area contributed by atoms with Gasteiger partial charge in [0.05, 0.1) is 6.04 Å². The van der Waals surface area contributed by atoms with Crippen LogP contribution in [0.5, 0.6) is 5.75 Å². The highest BCUT2D eigenvalue weighted by atomic mass is 32.2. The molecule has 0 aromatic heterocycles. The topological polar surface area (TPSA) is 32.3 Å². The molecule has 3 aromatic rings. The van der Waals surface area contributed by atoms with Crippen LogP contribution in [0.15, 0.2) is 83.8 Å². The Hall–Kier alpha value is -2.39. The first kappa shape index (κ1) is 15.2. The Labute approximate surface area is 146 Å². The quantitative estimate of drug-likeness (QED) is 0.623. The second-order valence-corrected chi connectivity index (χ2v) is 7.25. The van der Waals surface area contributed by atoms with E-state index >= 15 is 0 Å². The van der Waals surface area contributed by atoms with E-state index in [1.807, 2.05) is 30.0 Å². The molecule has 120 valence electrons. The summed E-state index contributed by atoms with van der Waals surface area (Å²) in [4.78, 5) is 1.25. The fourth-order valence-corrected chi connectivity index (χ4v) is 4.51. The van der Waals surface area contributed by atoms with Gasteiger partial charge in [0.2, 0.25) is 0 Å². The maximum absolute atomic E-state index is 10.3. The predicted molar refractivity (Wildman–Crippen MR) is 101 cm³/mol. The number of phenols is 1. The second-order valence-electron chi connectivity index (χ2n) is 6.00. The zero-order valence-electron chi connectivity index (χ0n) is 13.2. The molecule has 3 aromatic carbocycles. The van der Waals surface area contributed by atoms with Crippen molar-refractivity contribution in [2.45, 2.75) is 22.6 Å². The van der Waals surface area contributed by atoms with E-state index in [2.05, 4.69) is 59.9 Å². The number of anilines is 1. The maximum atomic E-state index is 10.3. The highest BCUT2D eigenvalue weighted by Gasteiger charge is 2.27. The van der Waals surface area contributed by atoms with Crippen LogP contribution >= 0.6 is 11.8 Å². The monoisotopic (exact) mass is 333 g/mol. The minimum atomic E-state index is 0.0764. The summed E-state index contributed by atoms with van der Waals surface area (Å²) in [7, 11) is 0. The lowest BCUT2D eigenvalue weighted by Crippen LogP contribution is -2.12. The third-order valence-electron chi connectivity index (χ3n) is 4.42. The number of benzene rings is 3. The van der Waals surface area contributed by atoms with Crippen molar-refractivity contribution in [1.29, 1.82) is 0 Å². The molecule has 0 bridgehead atoms. The molecule has 2 nitrogen and oxygen atoms in total. The standard InChI is InChI=1S/C21H19NOS/c23-19-12-6-4-10-16(19)18-14-21(15-8-2-1-3-9-15)24-20-13-7-5-11-17(20)22-18/h1-13,18,21-23H,14H2/t18-,21+/m1/s1. The van der Waals surface area contributed by atoms with E-state index in [9.17, 15) is 5.11 Å². The lowest BCUT2D eigenvalue weighted by molar-refractivity contribution is 0.461. The van der Waals surface area contributed by atoms with Gasteiger partial charge in [-0.25, -0.2) is 0 Å². The van der Waals surface area contributed by atoms with Gasteiger partial charge in [0.25, 0.3) is 0 Å². The molecule has 2 atom stereocenters. The summed E-state index contributed by atoms with van der Waals surface area (Å²) < 4.78 is 0. The Kier molecular flexibility index (Phi) is 4.18. The van der Waals surface area contributed by atoms with Gasteiger partial charge >= 0.3 is 0 Å². The molecule has 0 aliphatic carbocycles. The average Bonchev–Trinajstić information content (AvgIpc) is 2.82. The third kappa shape index (κ3) is 3.00. The van der Waals surface area contributed by atoms with Gasteiger partial charge in [-0.15, -0.1) is 11.8 Å². The smallest absolute Gasteiger partial charge is 0.120 e. The highest BCUT2D eigenvalue weighted by molar-refractivity contribution is 7.99. The zero-order chi connectivity index (χ0) is 16.4. The summed E-state index contributed by atoms with van der Waals surface area (Å²) in [5.74, 6) is 0.353. The maximum Gasteiger partial charge on any atom is 0.120 e. The van der Waals surface area contributed by atoms with Gasteiger partial charge in [-0.3, -0.25) is 0 Å². The van der Waals surface area contributed by atoms with Crippen LogP contribution in [0.1, 0.15) is 28.8 Å². The van der Waals surface area contributed by atoms with Crippen molar-refractivity contribution in [1.82, 2.24) is 0 Å². The Morgan fingerprint density at radius 1 is 0.833 bits per heavy atom. The molecule has 0 amide bonds. The number of para-hydroxylation sites is 2. The van der Waals surface area contributed by atoms with Crippen LogP contribution in [0.4, 0.5) is 5.69 Å². The summed E-state index contributed by atoms with van der Waals surface area (Å²) in [5, 5.41) is 14.3. The molecule has 4 rings (SSSR count). The average molecular weight is 333 g/mol. The van der Waals surface area contributed by atoms with Crippen molar-refractivity contribution >= 4 is 17.4 Å². The fourth-order valence-electron chi connectivity index (χ4n) is 3.21. The summed E-state index contributed by atoms with van der Waals surface area (Å²) in [6, 6.07) is 26.7. The Bertz CT molecular complexity index is 834. The van der Waals surface area contributed by atoms with Crippen LogP contribution in [0.3, 0.4) is 0 Å². The largest absolute Gasteiger partial charge is 0.508 e. The molecular formula is C21H19NOS. The molecule has 0 spiro atoms. The second kappa shape index (κ2) is 6.62. The summed E-state index contributed by atoms with van der Waals surface area (Å²) in [5.41, 5.74) is 3.41. The van der Waals surface area contributed by atoms with E-state index in [1.54, 1.807) is 6.07 Å². The number of phenolic OH excluding ortho intramolecular Hbond substituents is 1. The number of thioether (sulfide) groups is 1. The molecule has 0 unspecified atom stereocenters. The Morgan fingerprint density at radius 3 is 2.38 bits per heavy atom. The van der Waals surface area contributed by atoms with E-state index in [0.717, 1.165) is 17.7 Å². The lowest BCUT2D eigenvalue weighted by Gasteiger charge is -2.22. The van der Waals surface area contributed by atoms with E-state index in [1.165, 1.54) is 10.5 Å². The van der Waals surface area contributed by atoms with Gasteiger partial charge in [0, 0.05) is 21.4 Å². The van der Waals surface area contributed by atoms with Gasteiger partial charge in [0.15, 0.2) is 0 Å². The van der Waals surface area contributed by atoms with Crippen molar-refractivity contribution < 1.29 is 5.11 Å². The first-order chi connectivity index (χ1) is 11.8. The van der Waals surface area contributed by atoms with E-state index in [0.29, 0.717) is 11.0 Å². The van der Waals surface area contributed by atoms with Gasteiger partial charge in [-0.05, 0) is 30.2 Å². The molecule has 0 fully saturated rings. The number of nitrogens with one attached hydrogen (secondary N) is 1. The minimum Gasteiger partial charge on any atom is -0.508 e. The highest BCUT2D eigenvalue weighted by Crippen LogP contribution is 2.48. The number of aromatic hydroxyl groups is 1. The van der Waals surface area contributed by atoms with Crippen LogP contribution in [-0.2, 0) is 0 Å².